The molecular weight excluding hydrogens is 422 g/mol. The van der Waals surface area contributed by atoms with Crippen molar-refractivity contribution in [1.29, 1.82) is 0 Å². The summed E-state index contributed by atoms with van der Waals surface area (Å²) in [6.07, 6.45) is 6.23. The number of amides is 1. The Balaban J connectivity index is 1.72. The molecule has 0 unspecified atom stereocenters. The van der Waals surface area contributed by atoms with E-state index in [2.05, 4.69) is 15.2 Å². The number of nitrogens with one attached hydrogen (secondary N) is 1. The van der Waals surface area contributed by atoms with Crippen molar-refractivity contribution in [3.63, 3.8) is 0 Å². The Labute approximate surface area is 194 Å². The molecule has 0 bridgehead atoms. The zero-order valence-electron chi connectivity index (χ0n) is 19.8. The van der Waals surface area contributed by atoms with E-state index in [0.717, 1.165) is 18.7 Å². The van der Waals surface area contributed by atoms with Crippen LogP contribution in [-0.2, 0) is 9.53 Å². The van der Waals surface area contributed by atoms with Crippen LogP contribution in [0.25, 0.3) is 0 Å². The molecular formula is C24H31N5O4. The van der Waals surface area contributed by atoms with E-state index < -0.39 is 11.4 Å². The second-order valence-corrected chi connectivity index (χ2v) is 9.25. The minimum absolute atomic E-state index is 0.0497. The van der Waals surface area contributed by atoms with Crippen molar-refractivity contribution >= 4 is 35.0 Å². The first-order valence-electron chi connectivity index (χ1n) is 11.2. The van der Waals surface area contributed by atoms with Gasteiger partial charge in [-0.2, -0.15) is 4.98 Å². The normalized spacial score (nSPS) is 18.0. The van der Waals surface area contributed by atoms with Gasteiger partial charge in [0, 0.05) is 19.6 Å². The van der Waals surface area contributed by atoms with Gasteiger partial charge in [-0.25, -0.2) is 9.78 Å². The summed E-state index contributed by atoms with van der Waals surface area (Å²) in [6.45, 7) is 4.57. The third-order valence-electron chi connectivity index (χ3n) is 6.47. The number of ether oxygens (including phenoxy) is 2. The van der Waals surface area contributed by atoms with Crippen LogP contribution in [-0.4, -0.2) is 55.7 Å². The molecule has 1 aliphatic heterocycles. The summed E-state index contributed by atoms with van der Waals surface area (Å²) >= 11 is 0. The molecule has 1 fully saturated rings. The molecule has 33 heavy (non-hydrogen) atoms. The average Bonchev–Trinajstić information content (AvgIpc) is 3.34. The summed E-state index contributed by atoms with van der Waals surface area (Å²) in [5, 5.41) is 3.21. The number of fused-ring (bicyclic) bond motifs is 1. The highest BCUT2D eigenvalue weighted by Gasteiger charge is 2.41. The topological polar surface area (TPSA) is 96.9 Å². The average molecular weight is 454 g/mol. The smallest absolute Gasteiger partial charge is 0.337 e. The lowest BCUT2D eigenvalue weighted by Gasteiger charge is -2.34. The molecule has 1 amide bonds. The fourth-order valence-corrected chi connectivity index (χ4v) is 4.68. The molecule has 1 aliphatic carbocycles. The van der Waals surface area contributed by atoms with Gasteiger partial charge in [-0.15, -0.1) is 0 Å². The summed E-state index contributed by atoms with van der Waals surface area (Å²) in [5.41, 5.74) is 1.17. The van der Waals surface area contributed by atoms with Crippen molar-refractivity contribution in [2.75, 3.05) is 42.9 Å². The molecule has 4 rings (SSSR count). The van der Waals surface area contributed by atoms with Crippen LogP contribution in [0.2, 0.25) is 0 Å². The van der Waals surface area contributed by atoms with Gasteiger partial charge in [0.25, 0.3) is 0 Å². The summed E-state index contributed by atoms with van der Waals surface area (Å²) < 4.78 is 10.2. The van der Waals surface area contributed by atoms with Crippen molar-refractivity contribution in [3.8, 4) is 5.75 Å². The van der Waals surface area contributed by atoms with E-state index in [9.17, 15) is 9.59 Å². The van der Waals surface area contributed by atoms with Gasteiger partial charge in [-0.05, 0) is 44.9 Å². The van der Waals surface area contributed by atoms with Crippen molar-refractivity contribution in [2.45, 2.75) is 45.6 Å². The zero-order chi connectivity index (χ0) is 23.8. The van der Waals surface area contributed by atoms with Crippen molar-refractivity contribution in [2.24, 2.45) is 5.41 Å². The van der Waals surface area contributed by atoms with Gasteiger partial charge in [0.2, 0.25) is 11.9 Å². The van der Waals surface area contributed by atoms with E-state index >= 15 is 0 Å². The molecule has 9 heteroatoms. The molecule has 1 N–H and O–H groups in total. The first-order chi connectivity index (χ1) is 15.7. The van der Waals surface area contributed by atoms with Gasteiger partial charge in [-0.1, -0.05) is 12.8 Å². The maximum absolute atomic E-state index is 13.1. The Morgan fingerprint density at radius 3 is 2.61 bits per heavy atom. The molecule has 0 saturated heterocycles. The highest BCUT2D eigenvalue weighted by Crippen LogP contribution is 2.40. The molecule has 2 aliphatic rings. The first kappa shape index (κ1) is 22.8. The SMILES string of the molecule is COC(=O)c1ccc(Nc2ncc3c(n2)N(C2CCCC2)CC(C)(C)C(=O)N3C)c(OC)c1. The second-order valence-electron chi connectivity index (χ2n) is 9.25. The fraction of sp³-hybridized carbons (Fsp3) is 0.500. The molecule has 176 valence electrons. The van der Waals surface area contributed by atoms with E-state index in [1.165, 1.54) is 27.1 Å². The highest BCUT2D eigenvalue weighted by atomic mass is 16.5. The molecule has 1 aromatic carbocycles. The molecule has 0 radical (unpaired) electrons. The van der Waals surface area contributed by atoms with Crippen LogP contribution in [0.3, 0.4) is 0 Å². The molecule has 0 atom stereocenters. The van der Waals surface area contributed by atoms with Crippen molar-refractivity contribution in [3.05, 3.63) is 30.0 Å². The second kappa shape index (κ2) is 8.88. The quantitative estimate of drug-likeness (QED) is 0.684. The lowest BCUT2D eigenvalue weighted by Crippen LogP contribution is -2.45. The van der Waals surface area contributed by atoms with Crippen LogP contribution in [0.1, 0.15) is 49.9 Å². The maximum Gasteiger partial charge on any atom is 0.337 e. The molecule has 2 aromatic rings. The van der Waals surface area contributed by atoms with Gasteiger partial charge in [-0.3, -0.25) is 4.79 Å². The lowest BCUT2D eigenvalue weighted by atomic mass is 9.91. The summed E-state index contributed by atoms with van der Waals surface area (Å²) in [4.78, 5) is 38.3. The Morgan fingerprint density at radius 1 is 1.21 bits per heavy atom. The number of anilines is 4. The van der Waals surface area contributed by atoms with E-state index in [0.29, 0.717) is 41.2 Å². The number of methoxy groups -OCH3 is 2. The minimum atomic E-state index is -0.543. The minimum Gasteiger partial charge on any atom is -0.495 e. The Morgan fingerprint density at radius 2 is 1.94 bits per heavy atom. The van der Waals surface area contributed by atoms with E-state index in [1.54, 1.807) is 36.3 Å². The van der Waals surface area contributed by atoms with E-state index in [1.807, 2.05) is 13.8 Å². The summed E-state index contributed by atoms with van der Waals surface area (Å²) in [5.74, 6) is 1.22. The number of hydrogen-bond acceptors (Lipinski definition) is 8. The third kappa shape index (κ3) is 4.31. The Hall–Kier alpha value is -3.36. The predicted molar refractivity (Wildman–Crippen MR) is 126 cm³/mol. The molecule has 1 aromatic heterocycles. The van der Waals surface area contributed by atoms with Crippen LogP contribution in [0.5, 0.6) is 5.75 Å². The predicted octanol–water partition coefficient (Wildman–Crippen LogP) is 3.77. The standard InChI is InChI=1S/C24H31N5O4/c1-24(2)14-29(16-8-6-7-9-16)20-18(28(3)22(24)31)13-25-23(27-20)26-17-11-10-15(21(30)33-5)12-19(17)32-4/h10-13,16H,6-9,14H2,1-5H3,(H,25,26,27). The Kier molecular flexibility index (Phi) is 6.14. The summed E-state index contributed by atoms with van der Waals surface area (Å²) in [7, 11) is 4.65. The van der Waals surface area contributed by atoms with Gasteiger partial charge in [0.1, 0.15) is 11.4 Å². The van der Waals surface area contributed by atoms with Crippen LogP contribution in [0.15, 0.2) is 24.4 Å². The molecule has 1 saturated carbocycles. The number of benzene rings is 1. The zero-order valence-corrected chi connectivity index (χ0v) is 19.8. The van der Waals surface area contributed by atoms with Crippen LogP contribution >= 0.6 is 0 Å². The number of nitrogens with zero attached hydrogens (tertiary/aromatic N) is 4. The highest BCUT2D eigenvalue weighted by molar-refractivity contribution is 6.01. The van der Waals surface area contributed by atoms with Crippen molar-refractivity contribution in [1.82, 2.24) is 9.97 Å². The number of rotatable bonds is 5. The fourth-order valence-electron chi connectivity index (χ4n) is 4.68. The van der Waals surface area contributed by atoms with Crippen molar-refractivity contribution < 1.29 is 19.1 Å². The summed E-state index contributed by atoms with van der Waals surface area (Å²) in [6, 6.07) is 5.34. The third-order valence-corrected chi connectivity index (χ3v) is 6.47. The number of aromatic nitrogens is 2. The number of carbonyl (C=O) groups excluding carboxylic acids is 2. The number of esters is 1. The monoisotopic (exact) mass is 453 g/mol. The van der Waals surface area contributed by atoms with Crippen LogP contribution in [0, 0.1) is 5.41 Å². The number of hydrogen-bond donors (Lipinski definition) is 1. The van der Waals surface area contributed by atoms with E-state index in [4.69, 9.17) is 14.5 Å². The molecule has 0 spiro atoms. The van der Waals surface area contributed by atoms with Crippen LogP contribution in [0.4, 0.5) is 23.1 Å². The maximum atomic E-state index is 13.1. The lowest BCUT2D eigenvalue weighted by molar-refractivity contribution is -0.125. The van der Waals surface area contributed by atoms with Crippen LogP contribution < -0.4 is 19.9 Å². The molecule has 9 nitrogen and oxygen atoms in total. The van der Waals surface area contributed by atoms with Gasteiger partial charge < -0.3 is 24.6 Å². The van der Waals surface area contributed by atoms with Gasteiger partial charge >= 0.3 is 5.97 Å². The van der Waals surface area contributed by atoms with E-state index in [-0.39, 0.29) is 5.91 Å². The number of carbonyl (C=O) groups is 2. The van der Waals surface area contributed by atoms with Gasteiger partial charge in [0.05, 0.1) is 37.1 Å². The van der Waals surface area contributed by atoms with Gasteiger partial charge in [0.15, 0.2) is 5.82 Å². The molecule has 2 heterocycles. The first-order valence-corrected chi connectivity index (χ1v) is 11.2. The largest absolute Gasteiger partial charge is 0.495 e. The Bertz CT molecular complexity index is 1060.